The van der Waals surface area contributed by atoms with Gasteiger partial charge in [0.05, 0.1) is 9.35 Å². The van der Waals surface area contributed by atoms with Gasteiger partial charge in [0.1, 0.15) is 0 Å². The van der Waals surface area contributed by atoms with Gasteiger partial charge in [0.2, 0.25) is 12.3 Å². The zero-order valence-corrected chi connectivity index (χ0v) is 13.4. The van der Waals surface area contributed by atoms with Gasteiger partial charge in [0.15, 0.2) is 0 Å². The van der Waals surface area contributed by atoms with Crippen LogP contribution in [0, 0.1) is 6.92 Å². The predicted molar refractivity (Wildman–Crippen MR) is 84.4 cm³/mol. The third-order valence-electron chi connectivity index (χ3n) is 2.91. The van der Waals surface area contributed by atoms with E-state index in [0.717, 1.165) is 20.6 Å². The van der Waals surface area contributed by atoms with Crippen LogP contribution in [0.4, 0.5) is 5.69 Å². The Labute approximate surface area is 133 Å². The molecule has 1 aromatic carbocycles. The lowest BCUT2D eigenvalue weighted by atomic mass is 10.1. The van der Waals surface area contributed by atoms with E-state index >= 15 is 0 Å². The average Bonchev–Trinajstić information content (AvgIpc) is 3.12. The molecule has 3 rings (SSSR count). The average molecular weight is 364 g/mol. The number of anilines is 1. The molecule has 7 heteroatoms. The van der Waals surface area contributed by atoms with Crippen LogP contribution in [0.15, 0.2) is 44.2 Å². The van der Waals surface area contributed by atoms with E-state index < -0.39 is 0 Å². The fourth-order valence-corrected chi connectivity index (χ4v) is 3.00. The molecule has 106 valence electrons. The number of nitrogens with zero attached hydrogens (tertiary/aromatic N) is 2. The molecule has 1 amide bonds. The first-order valence-electron chi connectivity index (χ1n) is 6.06. The van der Waals surface area contributed by atoms with Crippen molar-refractivity contribution in [1.82, 2.24) is 10.2 Å². The molecule has 0 aliphatic rings. The second-order valence-corrected chi connectivity index (χ2v) is 6.66. The summed E-state index contributed by atoms with van der Waals surface area (Å²) in [7, 11) is 0. The largest absolute Gasteiger partial charge is 0.423 e. The highest BCUT2D eigenvalue weighted by Crippen LogP contribution is 2.25. The molecule has 0 bridgehead atoms. The molecule has 1 N–H and O–H groups in total. The van der Waals surface area contributed by atoms with Crippen molar-refractivity contribution in [3.63, 3.8) is 0 Å². The lowest BCUT2D eigenvalue weighted by Crippen LogP contribution is -2.11. The van der Waals surface area contributed by atoms with Gasteiger partial charge in [-0.3, -0.25) is 4.79 Å². The topological polar surface area (TPSA) is 68.0 Å². The second-order valence-electron chi connectivity index (χ2n) is 4.37. The van der Waals surface area contributed by atoms with Gasteiger partial charge in [-0.1, -0.05) is 0 Å². The quantitative estimate of drug-likeness (QED) is 0.759. The van der Waals surface area contributed by atoms with Gasteiger partial charge in [-0.2, -0.15) is 0 Å². The van der Waals surface area contributed by atoms with Crippen molar-refractivity contribution in [1.29, 1.82) is 0 Å². The summed E-state index contributed by atoms with van der Waals surface area (Å²) < 4.78 is 6.08. The van der Waals surface area contributed by atoms with Crippen molar-refractivity contribution in [2.45, 2.75) is 6.92 Å². The summed E-state index contributed by atoms with van der Waals surface area (Å²) in [5.41, 5.74) is 3.13. The molecule has 0 aliphatic carbocycles. The molecule has 0 saturated carbocycles. The molecule has 21 heavy (non-hydrogen) atoms. The highest BCUT2D eigenvalue weighted by molar-refractivity contribution is 9.11. The molecular formula is C14H10BrN3O2S. The number of aromatic nitrogens is 2. The van der Waals surface area contributed by atoms with Crippen LogP contribution in [-0.2, 0) is 0 Å². The number of hydrogen-bond acceptors (Lipinski definition) is 5. The van der Waals surface area contributed by atoms with E-state index in [2.05, 4.69) is 31.4 Å². The third-order valence-corrected chi connectivity index (χ3v) is 4.42. The molecule has 3 aromatic rings. The van der Waals surface area contributed by atoms with Gasteiger partial charge in [0.25, 0.3) is 5.91 Å². The SMILES string of the molecule is Cc1cc(-c2nnco2)ccc1NC(=O)c1csc(Br)c1. The van der Waals surface area contributed by atoms with E-state index in [0.29, 0.717) is 11.5 Å². The molecule has 0 aliphatic heterocycles. The van der Waals surface area contributed by atoms with Gasteiger partial charge in [0, 0.05) is 16.6 Å². The van der Waals surface area contributed by atoms with Crippen LogP contribution in [-0.4, -0.2) is 16.1 Å². The smallest absolute Gasteiger partial charge is 0.256 e. The highest BCUT2D eigenvalue weighted by atomic mass is 79.9. The molecule has 5 nitrogen and oxygen atoms in total. The van der Waals surface area contributed by atoms with Crippen molar-refractivity contribution in [2.24, 2.45) is 0 Å². The van der Waals surface area contributed by atoms with Crippen LogP contribution in [0.2, 0.25) is 0 Å². The van der Waals surface area contributed by atoms with Crippen LogP contribution < -0.4 is 5.32 Å². The Morgan fingerprint density at radius 2 is 2.24 bits per heavy atom. The Morgan fingerprint density at radius 3 is 2.86 bits per heavy atom. The van der Waals surface area contributed by atoms with E-state index in [1.807, 2.05) is 30.5 Å². The molecule has 0 radical (unpaired) electrons. The molecule has 0 spiro atoms. The van der Waals surface area contributed by atoms with Crippen molar-refractivity contribution in [3.05, 3.63) is 51.0 Å². The fraction of sp³-hybridized carbons (Fsp3) is 0.0714. The number of thiophene rings is 1. The number of rotatable bonds is 3. The Morgan fingerprint density at radius 1 is 1.38 bits per heavy atom. The standard InChI is InChI=1S/C14H10BrN3O2S/c1-8-4-9(14-18-16-7-20-14)2-3-11(8)17-13(19)10-5-12(15)21-6-10/h2-7H,1H3,(H,17,19). The number of benzene rings is 1. The molecule has 0 saturated heterocycles. The highest BCUT2D eigenvalue weighted by Gasteiger charge is 2.11. The summed E-state index contributed by atoms with van der Waals surface area (Å²) in [6, 6.07) is 7.35. The molecule has 0 fully saturated rings. The minimum Gasteiger partial charge on any atom is -0.423 e. The minimum atomic E-state index is -0.134. The lowest BCUT2D eigenvalue weighted by molar-refractivity contribution is 0.102. The molecule has 2 aromatic heterocycles. The van der Waals surface area contributed by atoms with Crippen LogP contribution in [0.5, 0.6) is 0 Å². The van der Waals surface area contributed by atoms with Crippen LogP contribution in [0.25, 0.3) is 11.5 Å². The summed E-state index contributed by atoms with van der Waals surface area (Å²) >= 11 is 4.82. The number of amides is 1. The van der Waals surface area contributed by atoms with Crippen molar-refractivity contribution in [2.75, 3.05) is 5.32 Å². The Kier molecular flexibility index (Phi) is 3.85. The summed E-state index contributed by atoms with van der Waals surface area (Å²) in [6.45, 7) is 1.92. The molecular weight excluding hydrogens is 354 g/mol. The first kappa shape index (κ1) is 14.0. The number of nitrogens with one attached hydrogen (secondary N) is 1. The summed E-state index contributed by atoms with van der Waals surface area (Å²) in [6.07, 6.45) is 1.29. The van der Waals surface area contributed by atoms with E-state index in [1.165, 1.54) is 17.7 Å². The summed E-state index contributed by atoms with van der Waals surface area (Å²) in [4.78, 5) is 12.1. The van der Waals surface area contributed by atoms with Crippen molar-refractivity contribution >= 4 is 38.9 Å². The zero-order chi connectivity index (χ0) is 14.8. The maximum Gasteiger partial charge on any atom is 0.256 e. The minimum absolute atomic E-state index is 0.134. The van der Waals surface area contributed by atoms with Gasteiger partial charge in [-0.05, 0) is 52.7 Å². The van der Waals surface area contributed by atoms with Crippen molar-refractivity contribution in [3.8, 4) is 11.5 Å². The van der Waals surface area contributed by atoms with Gasteiger partial charge in [-0.25, -0.2) is 0 Å². The Bertz CT molecular complexity index is 783. The Hall–Kier alpha value is -1.99. The van der Waals surface area contributed by atoms with Crippen molar-refractivity contribution < 1.29 is 9.21 Å². The molecule has 0 atom stereocenters. The van der Waals surface area contributed by atoms with E-state index in [1.54, 1.807) is 6.07 Å². The lowest BCUT2D eigenvalue weighted by Gasteiger charge is -2.08. The van der Waals surface area contributed by atoms with Gasteiger partial charge in [-0.15, -0.1) is 21.5 Å². The van der Waals surface area contributed by atoms with Crippen LogP contribution >= 0.6 is 27.3 Å². The van der Waals surface area contributed by atoms with Crippen LogP contribution in [0.1, 0.15) is 15.9 Å². The number of carbonyl (C=O) groups is 1. The fourth-order valence-electron chi connectivity index (χ4n) is 1.86. The monoisotopic (exact) mass is 363 g/mol. The maximum absolute atomic E-state index is 12.1. The zero-order valence-electron chi connectivity index (χ0n) is 11.0. The summed E-state index contributed by atoms with van der Waals surface area (Å²) in [5.74, 6) is 0.323. The normalized spacial score (nSPS) is 10.6. The molecule has 2 heterocycles. The number of halogens is 1. The van der Waals surface area contributed by atoms with Gasteiger partial charge >= 0.3 is 0 Å². The number of aryl methyl sites for hydroxylation is 1. The van der Waals surface area contributed by atoms with Gasteiger partial charge < -0.3 is 9.73 Å². The number of carbonyl (C=O) groups excluding carboxylic acids is 1. The first-order valence-corrected chi connectivity index (χ1v) is 7.73. The van der Waals surface area contributed by atoms with Crippen LogP contribution in [0.3, 0.4) is 0 Å². The first-order chi connectivity index (χ1) is 10.1. The van der Waals surface area contributed by atoms with E-state index in [9.17, 15) is 4.79 Å². The predicted octanol–water partition coefficient (Wildman–Crippen LogP) is 4.12. The molecule has 0 unspecified atom stereocenters. The van der Waals surface area contributed by atoms with E-state index in [4.69, 9.17) is 4.42 Å². The second kappa shape index (κ2) is 5.79. The Balaban J connectivity index is 1.82. The number of hydrogen-bond donors (Lipinski definition) is 1. The summed E-state index contributed by atoms with van der Waals surface area (Å²) in [5, 5.41) is 12.2. The maximum atomic E-state index is 12.1. The third kappa shape index (κ3) is 3.03. The van der Waals surface area contributed by atoms with E-state index in [-0.39, 0.29) is 5.91 Å².